The minimum Gasteiger partial charge on any atom is -0.497 e. The van der Waals surface area contributed by atoms with Crippen molar-refractivity contribution in [3.05, 3.63) is 94.3 Å². The van der Waals surface area contributed by atoms with E-state index in [0.29, 0.717) is 64.6 Å². The number of hydrogen-bond acceptors (Lipinski definition) is 12. The summed E-state index contributed by atoms with van der Waals surface area (Å²) in [6, 6.07) is 15.1. The number of methoxy groups -OCH3 is 2. The van der Waals surface area contributed by atoms with E-state index in [-0.39, 0.29) is 56.0 Å². The van der Waals surface area contributed by atoms with Gasteiger partial charge in [-0.05, 0) is 74.0 Å². The standard InChI is InChI=1S/C41H52BN5O9/c1-25(2)47(44)21-28(43)24-55-36-16-15-34(42(51)52)33-17-18-46(35(38(33)36)22-45-20-26-9-5-6-10-30(26)39(45)48)40(49)31-11-7-8-12-32(31)41(50)56-23-27-13-14-29(53-3)19-37(27)54-4/h5-6,9-10,13-16,19,21,25,31-32,35,51-52H,7-8,11-12,17-18,20,22-24,43-44H2,1-4H3/b28-21-. The number of nitrogens with two attached hydrogens (primary N) is 2. The Balaban J connectivity index is 1.33. The van der Waals surface area contributed by atoms with Gasteiger partial charge in [-0.15, -0.1) is 0 Å². The van der Waals surface area contributed by atoms with Gasteiger partial charge in [0.1, 0.15) is 30.5 Å². The van der Waals surface area contributed by atoms with Crippen molar-refractivity contribution >= 4 is 30.4 Å². The summed E-state index contributed by atoms with van der Waals surface area (Å²) >= 11 is 0. The highest BCUT2D eigenvalue weighted by atomic mass is 16.5. The van der Waals surface area contributed by atoms with Crippen molar-refractivity contribution in [2.24, 2.45) is 23.4 Å². The SMILES string of the molecule is COc1ccc(COC(=O)C2CCCCC2C(=O)N2CCc3c(B(O)O)ccc(OC/C(N)=C/N(N)C(C)C)c3C2CN2Cc3ccccc3C2=O)c(OC)c1. The topological polar surface area (TPSA) is 190 Å². The van der Waals surface area contributed by atoms with Crippen LogP contribution in [-0.2, 0) is 33.9 Å². The summed E-state index contributed by atoms with van der Waals surface area (Å²) in [7, 11) is 1.30. The maximum absolute atomic E-state index is 15.0. The van der Waals surface area contributed by atoms with E-state index in [4.69, 9.17) is 30.5 Å². The van der Waals surface area contributed by atoms with Crippen LogP contribution in [0.4, 0.5) is 0 Å². The molecule has 3 aromatic carbocycles. The summed E-state index contributed by atoms with van der Waals surface area (Å²) in [6.45, 7) is 4.41. The Kier molecular flexibility index (Phi) is 12.8. The molecule has 2 amide bonds. The molecule has 6 N–H and O–H groups in total. The first-order valence-corrected chi connectivity index (χ1v) is 19.1. The van der Waals surface area contributed by atoms with Gasteiger partial charge >= 0.3 is 13.1 Å². The highest BCUT2D eigenvalue weighted by Crippen LogP contribution is 2.42. The van der Waals surface area contributed by atoms with Crippen LogP contribution in [0.15, 0.2) is 66.5 Å². The molecule has 0 aromatic heterocycles. The summed E-state index contributed by atoms with van der Waals surface area (Å²) in [5, 5.41) is 22.5. The third-order valence-corrected chi connectivity index (χ3v) is 11.1. The lowest BCUT2D eigenvalue weighted by atomic mass is 9.72. The predicted molar refractivity (Wildman–Crippen MR) is 209 cm³/mol. The molecule has 15 heteroatoms. The molecule has 0 spiro atoms. The Bertz CT molecular complexity index is 1960. The van der Waals surface area contributed by atoms with Crippen LogP contribution in [0.25, 0.3) is 0 Å². The fourth-order valence-electron chi connectivity index (χ4n) is 8.03. The largest absolute Gasteiger partial charge is 0.497 e. The molecule has 0 radical (unpaired) electrons. The fraction of sp³-hybridized carbons (Fsp3) is 0.439. The van der Waals surface area contributed by atoms with E-state index < -0.39 is 31.0 Å². The number of hydrogen-bond donors (Lipinski definition) is 4. The Hall–Kier alpha value is -5.25. The van der Waals surface area contributed by atoms with Crippen LogP contribution in [0.2, 0.25) is 0 Å². The number of nitrogens with zero attached hydrogens (tertiary/aromatic N) is 3. The molecule has 1 fully saturated rings. The summed E-state index contributed by atoms with van der Waals surface area (Å²) in [4.78, 5) is 46.1. The van der Waals surface area contributed by atoms with Crippen LogP contribution >= 0.6 is 0 Å². The van der Waals surface area contributed by atoms with Gasteiger partial charge in [0, 0.05) is 54.6 Å². The number of rotatable bonds is 14. The van der Waals surface area contributed by atoms with Crippen molar-refractivity contribution in [1.29, 1.82) is 0 Å². The van der Waals surface area contributed by atoms with Gasteiger partial charge in [0.05, 0.1) is 37.8 Å². The van der Waals surface area contributed by atoms with Crippen molar-refractivity contribution < 1.29 is 43.4 Å². The first-order valence-electron chi connectivity index (χ1n) is 19.1. The van der Waals surface area contributed by atoms with E-state index >= 15 is 0 Å². The Morgan fingerprint density at radius 3 is 2.46 bits per heavy atom. The fourth-order valence-corrected chi connectivity index (χ4v) is 8.03. The molecule has 0 bridgehead atoms. The zero-order valence-corrected chi connectivity index (χ0v) is 32.5. The average Bonchev–Trinajstić information content (AvgIpc) is 3.52. The number of carbonyl (C=O) groups excluding carboxylic acids is 3. The van der Waals surface area contributed by atoms with Gasteiger partial charge in [0.15, 0.2) is 0 Å². The molecule has 1 aliphatic carbocycles. The van der Waals surface area contributed by atoms with Gasteiger partial charge in [0.2, 0.25) is 5.91 Å². The average molecular weight is 770 g/mol. The maximum atomic E-state index is 15.0. The normalized spacial score (nSPS) is 19.3. The van der Waals surface area contributed by atoms with E-state index in [0.717, 1.165) is 18.4 Å². The van der Waals surface area contributed by atoms with Crippen molar-refractivity contribution in [3.63, 3.8) is 0 Å². The Morgan fingerprint density at radius 2 is 1.77 bits per heavy atom. The minimum absolute atomic E-state index is 0.0103. The molecule has 0 saturated heterocycles. The van der Waals surface area contributed by atoms with E-state index in [9.17, 15) is 24.4 Å². The number of amides is 2. The molecule has 14 nitrogen and oxygen atoms in total. The smallest absolute Gasteiger partial charge is 0.488 e. The molecule has 2 aliphatic heterocycles. The number of benzene rings is 3. The predicted octanol–water partition coefficient (Wildman–Crippen LogP) is 2.78. The van der Waals surface area contributed by atoms with Gasteiger partial charge in [-0.25, -0.2) is 5.84 Å². The summed E-state index contributed by atoms with van der Waals surface area (Å²) in [5.41, 5.74) is 10.3. The molecule has 1 saturated carbocycles. The lowest BCUT2D eigenvalue weighted by molar-refractivity contribution is -0.159. The number of esters is 1. The van der Waals surface area contributed by atoms with Gasteiger partial charge in [-0.2, -0.15) is 0 Å². The molecular formula is C41H52BN5O9. The molecule has 298 valence electrons. The first kappa shape index (κ1) is 40.4. The zero-order chi connectivity index (χ0) is 40.1. The third-order valence-electron chi connectivity index (χ3n) is 11.1. The number of carbonyl (C=O) groups is 3. The van der Waals surface area contributed by atoms with Gasteiger partial charge in [-0.3, -0.25) is 14.4 Å². The van der Waals surface area contributed by atoms with Crippen molar-refractivity contribution in [3.8, 4) is 17.2 Å². The van der Waals surface area contributed by atoms with Crippen molar-refractivity contribution in [2.45, 2.75) is 71.2 Å². The van der Waals surface area contributed by atoms with Crippen LogP contribution < -0.4 is 31.2 Å². The number of ether oxygens (including phenoxy) is 4. The van der Waals surface area contributed by atoms with Crippen LogP contribution in [-0.4, -0.2) is 89.7 Å². The lowest BCUT2D eigenvalue weighted by Gasteiger charge is -2.43. The van der Waals surface area contributed by atoms with Crippen LogP contribution in [0.3, 0.4) is 0 Å². The van der Waals surface area contributed by atoms with E-state index in [1.54, 1.807) is 59.5 Å². The molecule has 3 aromatic rings. The van der Waals surface area contributed by atoms with E-state index in [2.05, 4.69) is 0 Å². The molecular weight excluding hydrogens is 717 g/mol. The monoisotopic (exact) mass is 769 g/mol. The Labute approximate surface area is 328 Å². The van der Waals surface area contributed by atoms with Crippen LogP contribution in [0.1, 0.15) is 78.2 Å². The molecule has 3 aliphatic rings. The second-order valence-corrected chi connectivity index (χ2v) is 14.9. The minimum atomic E-state index is -1.79. The quantitative estimate of drug-likeness (QED) is 0.0814. The van der Waals surface area contributed by atoms with Crippen LogP contribution in [0, 0.1) is 11.8 Å². The maximum Gasteiger partial charge on any atom is 0.488 e. The molecule has 2 heterocycles. The zero-order valence-electron chi connectivity index (χ0n) is 32.5. The second-order valence-electron chi connectivity index (χ2n) is 14.9. The molecule has 6 rings (SSSR count). The Morgan fingerprint density at radius 1 is 1.02 bits per heavy atom. The summed E-state index contributed by atoms with van der Waals surface area (Å²) in [5.74, 6) is 5.36. The highest BCUT2D eigenvalue weighted by Gasteiger charge is 2.45. The second kappa shape index (κ2) is 17.7. The number of hydrazine groups is 1. The first-order chi connectivity index (χ1) is 26.9. The summed E-state index contributed by atoms with van der Waals surface area (Å²) < 4.78 is 23.0. The van der Waals surface area contributed by atoms with E-state index in [1.807, 2.05) is 32.0 Å². The van der Waals surface area contributed by atoms with Gasteiger partial charge in [0.25, 0.3) is 5.91 Å². The summed E-state index contributed by atoms with van der Waals surface area (Å²) in [6.07, 6.45) is 4.37. The van der Waals surface area contributed by atoms with E-state index in [1.165, 1.54) is 12.1 Å². The molecule has 3 unspecified atom stereocenters. The van der Waals surface area contributed by atoms with Crippen molar-refractivity contribution in [2.75, 3.05) is 33.9 Å². The number of fused-ring (bicyclic) bond motifs is 2. The molecule has 56 heavy (non-hydrogen) atoms. The lowest BCUT2D eigenvalue weighted by Crippen LogP contribution is -2.51. The van der Waals surface area contributed by atoms with Crippen molar-refractivity contribution in [1.82, 2.24) is 14.8 Å². The highest BCUT2D eigenvalue weighted by molar-refractivity contribution is 6.59. The third kappa shape index (κ3) is 8.59. The van der Waals surface area contributed by atoms with Gasteiger partial charge in [-0.1, -0.05) is 37.1 Å². The molecule has 3 atom stereocenters. The van der Waals surface area contributed by atoms with Crippen LogP contribution in [0.5, 0.6) is 17.2 Å². The van der Waals surface area contributed by atoms with Gasteiger partial charge < -0.3 is 49.5 Å².